The van der Waals surface area contributed by atoms with Crippen LogP contribution in [0.15, 0.2) is 18.3 Å². The van der Waals surface area contributed by atoms with Gasteiger partial charge in [-0.05, 0) is 25.0 Å². The van der Waals surface area contributed by atoms with Crippen LogP contribution in [-0.2, 0) is 9.57 Å². The second-order valence-electron chi connectivity index (χ2n) is 3.82. The van der Waals surface area contributed by atoms with Gasteiger partial charge in [0, 0.05) is 19.2 Å². The van der Waals surface area contributed by atoms with Crippen molar-refractivity contribution >= 4 is 11.7 Å². The van der Waals surface area contributed by atoms with Crippen molar-refractivity contribution in [1.82, 2.24) is 10.5 Å². The lowest BCUT2D eigenvalue weighted by atomic mass is 10.2. The van der Waals surface area contributed by atoms with Crippen molar-refractivity contribution in [3.63, 3.8) is 0 Å². The van der Waals surface area contributed by atoms with Crippen LogP contribution in [0, 0.1) is 0 Å². The van der Waals surface area contributed by atoms with Crippen LogP contribution < -0.4 is 11.2 Å². The van der Waals surface area contributed by atoms with Gasteiger partial charge in [0.15, 0.2) is 6.29 Å². The summed E-state index contributed by atoms with van der Waals surface area (Å²) in [5.74, 6) is 0.0183. The van der Waals surface area contributed by atoms with Gasteiger partial charge in [0.1, 0.15) is 5.82 Å². The number of nitrogen functional groups attached to an aromatic ring is 1. The first-order valence-corrected chi connectivity index (χ1v) is 5.55. The molecule has 1 unspecified atom stereocenters. The number of nitrogens with two attached hydrogens (primary N) is 1. The first-order chi connectivity index (χ1) is 8.25. The number of hydrogen-bond donors (Lipinski definition) is 2. The van der Waals surface area contributed by atoms with Gasteiger partial charge in [0.25, 0.3) is 5.91 Å². The lowest BCUT2D eigenvalue weighted by molar-refractivity contribution is -0.186. The van der Waals surface area contributed by atoms with Crippen LogP contribution in [0.4, 0.5) is 5.82 Å². The number of rotatable bonds is 3. The Morgan fingerprint density at radius 1 is 1.53 bits per heavy atom. The molecule has 0 spiro atoms. The Bertz CT molecular complexity index is 374. The molecular weight excluding hydrogens is 222 g/mol. The van der Waals surface area contributed by atoms with Crippen LogP contribution in [0.2, 0.25) is 0 Å². The van der Waals surface area contributed by atoms with Crippen LogP contribution in [0.1, 0.15) is 29.6 Å². The highest BCUT2D eigenvalue weighted by atomic mass is 16.8. The fraction of sp³-hybridized carbons (Fsp3) is 0.455. The van der Waals surface area contributed by atoms with Crippen LogP contribution in [0.5, 0.6) is 0 Å². The van der Waals surface area contributed by atoms with Crippen molar-refractivity contribution in [3.8, 4) is 0 Å². The van der Waals surface area contributed by atoms with E-state index in [1.165, 1.54) is 6.20 Å². The molecule has 0 bridgehead atoms. The molecule has 0 aromatic carbocycles. The maximum absolute atomic E-state index is 11.6. The van der Waals surface area contributed by atoms with Gasteiger partial charge in [0.05, 0.1) is 5.56 Å². The van der Waals surface area contributed by atoms with Gasteiger partial charge in [-0.3, -0.25) is 4.79 Å². The number of hydrogen-bond acceptors (Lipinski definition) is 5. The van der Waals surface area contributed by atoms with E-state index in [0.717, 1.165) is 19.3 Å². The number of ether oxygens (including phenoxy) is 1. The van der Waals surface area contributed by atoms with Crippen molar-refractivity contribution in [2.24, 2.45) is 0 Å². The third-order valence-electron chi connectivity index (χ3n) is 2.47. The zero-order valence-corrected chi connectivity index (χ0v) is 9.39. The molecule has 2 heterocycles. The number of carbonyl (C=O) groups is 1. The lowest BCUT2D eigenvalue weighted by Crippen LogP contribution is -2.33. The van der Waals surface area contributed by atoms with Gasteiger partial charge in [-0.2, -0.15) is 0 Å². The molecule has 0 saturated carbocycles. The minimum Gasteiger partial charge on any atom is -0.384 e. The molecule has 1 aliphatic heterocycles. The number of amides is 1. The Morgan fingerprint density at radius 3 is 3.06 bits per heavy atom. The van der Waals surface area contributed by atoms with Gasteiger partial charge in [-0.1, -0.05) is 0 Å². The molecule has 17 heavy (non-hydrogen) atoms. The quantitative estimate of drug-likeness (QED) is 0.761. The summed E-state index contributed by atoms with van der Waals surface area (Å²) >= 11 is 0. The van der Waals surface area contributed by atoms with Crippen LogP contribution in [0.25, 0.3) is 0 Å². The fourth-order valence-electron chi connectivity index (χ4n) is 1.52. The van der Waals surface area contributed by atoms with Crippen LogP contribution >= 0.6 is 0 Å². The fourth-order valence-corrected chi connectivity index (χ4v) is 1.52. The summed E-state index contributed by atoms with van der Waals surface area (Å²) in [7, 11) is 0. The summed E-state index contributed by atoms with van der Waals surface area (Å²) in [6.07, 6.45) is 3.92. The van der Waals surface area contributed by atoms with Crippen molar-refractivity contribution < 1.29 is 14.4 Å². The molecule has 0 aliphatic carbocycles. The van der Waals surface area contributed by atoms with Crippen molar-refractivity contribution in [2.75, 3.05) is 12.3 Å². The maximum Gasteiger partial charge on any atom is 0.276 e. The standard InChI is InChI=1S/C11H15N3O3/c12-9-5-4-8(7-13-9)11(15)14-17-10-3-1-2-6-16-10/h4-5,7,10H,1-3,6H2,(H2,12,13)(H,14,15). The molecule has 6 nitrogen and oxygen atoms in total. The van der Waals surface area contributed by atoms with E-state index >= 15 is 0 Å². The molecule has 0 radical (unpaired) electrons. The second-order valence-corrected chi connectivity index (χ2v) is 3.82. The van der Waals surface area contributed by atoms with Gasteiger partial charge in [0.2, 0.25) is 0 Å². The van der Waals surface area contributed by atoms with E-state index in [2.05, 4.69) is 10.5 Å². The maximum atomic E-state index is 11.6. The number of nitrogens with zero attached hydrogens (tertiary/aromatic N) is 1. The lowest BCUT2D eigenvalue weighted by Gasteiger charge is -2.22. The van der Waals surface area contributed by atoms with Gasteiger partial charge >= 0.3 is 0 Å². The summed E-state index contributed by atoms with van der Waals surface area (Å²) in [5.41, 5.74) is 8.17. The Morgan fingerprint density at radius 2 is 2.41 bits per heavy atom. The molecule has 1 fully saturated rings. The molecule has 1 amide bonds. The highest BCUT2D eigenvalue weighted by Gasteiger charge is 2.16. The number of pyridine rings is 1. The average molecular weight is 237 g/mol. The third-order valence-corrected chi connectivity index (χ3v) is 2.47. The molecule has 1 saturated heterocycles. The first kappa shape index (κ1) is 11.8. The predicted octanol–water partition coefficient (Wildman–Crippen LogP) is 0.852. The predicted molar refractivity (Wildman–Crippen MR) is 60.8 cm³/mol. The number of hydroxylamine groups is 1. The number of aromatic nitrogens is 1. The van der Waals surface area contributed by atoms with E-state index < -0.39 is 0 Å². The van der Waals surface area contributed by atoms with Gasteiger partial charge < -0.3 is 10.5 Å². The normalized spacial score (nSPS) is 19.9. The summed E-state index contributed by atoms with van der Waals surface area (Å²) in [5, 5.41) is 0. The third kappa shape index (κ3) is 3.40. The molecule has 3 N–H and O–H groups in total. The van der Waals surface area contributed by atoms with Crippen molar-refractivity contribution in [1.29, 1.82) is 0 Å². The summed E-state index contributed by atoms with van der Waals surface area (Å²) < 4.78 is 5.31. The van der Waals surface area contributed by atoms with E-state index in [0.29, 0.717) is 18.0 Å². The average Bonchev–Trinajstić information content (AvgIpc) is 2.38. The highest BCUT2D eigenvalue weighted by molar-refractivity contribution is 5.93. The molecule has 1 aromatic rings. The topological polar surface area (TPSA) is 86.5 Å². The Kier molecular flexibility index (Phi) is 3.89. The van der Waals surface area contributed by atoms with E-state index in [-0.39, 0.29) is 12.2 Å². The number of carbonyl (C=O) groups excluding carboxylic acids is 1. The second kappa shape index (κ2) is 5.60. The smallest absolute Gasteiger partial charge is 0.276 e. The minimum absolute atomic E-state index is 0.352. The van der Waals surface area contributed by atoms with Crippen molar-refractivity contribution in [2.45, 2.75) is 25.6 Å². The Balaban J connectivity index is 1.82. The molecule has 1 aromatic heterocycles. The molecular formula is C11H15N3O3. The highest BCUT2D eigenvalue weighted by Crippen LogP contribution is 2.12. The zero-order valence-electron chi connectivity index (χ0n) is 9.39. The summed E-state index contributed by atoms with van der Waals surface area (Å²) in [6, 6.07) is 3.15. The number of anilines is 1. The van der Waals surface area contributed by atoms with Crippen LogP contribution in [-0.4, -0.2) is 23.8 Å². The van der Waals surface area contributed by atoms with E-state index in [1.54, 1.807) is 12.1 Å². The summed E-state index contributed by atoms with van der Waals surface area (Å²) in [4.78, 5) is 20.6. The first-order valence-electron chi connectivity index (χ1n) is 5.55. The molecule has 92 valence electrons. The SMILES string of the molecule is Nc1ccc(C(=O)NOC2CCCCO2)cn1. The van der Waals surface area contributed by atoms with Gasteiger partial charge in [-0.25, -0.2) is 15.3 Å². The van der Waals surface area contributed by atoms with E-state index in [4.69, 9.17) is 15.3 Å². The number of nitrogens with one attached hydrogen (secondary N) is 1. The summed E-state index contributed by atoms with van der Waals surface area (Å²) in [6.45, 7) is 0.671. The minimum atomic E-state index is -0.355. The van der Waals surface area contributed by atoms with E-state index in [9.17, 15) is 4.79 Å². The Hall–Kier alpha value is -1.66. The molecule has 6 heteroatoms. The van der Waals surface area contributed by atoms with Crippen LogP contribution in [0.3, 0.4) is 0 Å². The zero-order chi connectivity index (χ0) is 12.1. The largest absolute Gasteiger partial charge is 0.384 e. The molecule has 2 rings (SSSR count). The molecule has 1 aliphatic rings. The Labute approximate surface area is 99.1 Å². The van der Waals surface area contributed by atoms with E-state index in [1.807, 2.05) is 0 Å². The van der Waals surface area contributed by atoms with Gasteiger partial charge in [-0.15, -0.1) is 0 Å². The monoisotopic (exact) mass is 237 g/mol. The van der Waals surface area contributed by atoms with Crippen molar-refractivity contribution in [3.05, 3.63) is 23.9 Å². The molecule has 1 atom stereocenters.